The lowest BCUT2D eigenvalue weighted by Crippen LogP contribution is -2.60. The molecule has 1 fully saturated rings. The van der Waals surface area contributed by atoms with Crippen LogP contribution in [0.3, 0.4) is 0 Å². The number of benzene rings is 2. The fraction of sp³-hybridized carbons (Fsp3) is 0.500. The number of ketones is 3. The van der Waals surface area contributed by atoms with Gasteiger partial charge in [0, 0.05) is 29.5 Å². The number of aromatic hydroxyl groups is 2. The summed E-state index contributed by atoms with van der Waals surface area (Å²) in [7, 11) is 7.14. The number of aliphatic hydroxyl groups is 2. The lowest BCUT2D eigenvalue weighted by Gasteiger charge is -2.46. The number of phenols is 2. The number of carbonyl (C=O) groups excluding carboxylic acids is 3. The summed E-state index contributed by atoms with van der Waals surface area (Å²) in [6.07, 6.45) is -3.97. The second-order valence-corrected chi connectivity index (χ2v) is 12.2. The van der Waals surface area contributed by atoms with Crippen molar-refractivity contribution in [3.63, 3.8) is 0 Å². The van der Waals surface area contributed by atoms with E-state index in [0.29, 0.717) is 4.48 Å². The zero-order chi connectivity index (χ0) is 30.2. The molecule has 6 atom stereocenters. The predicted octanol–water partition coefficient (Wildman–Crippen LogP) is 1.78. The van der Waals surface area contributed by atoms with Gasteiger partial charge in [0.1, 0.15) is 35.0 Å². The molecule has 220 valence electrons. The van der Waals surface area contributed by atoms with Gasteiger partial charge in [-0.25, -0.2) is 0 Å². The van der Waals surface area contributed by atoms with Crippen molar-refractivity contribution in [2.45, 2.75) is 69.4 Å². The summed E-state index contributed by atoms with van der Waals surface area (Å²) in [5, 5.41) is 45.2. The lowest BCUT2D eigenvalue weighted by atomic mass is 9.72. The average molecular weight is 571 g/mol. The molecule has 0 unspecified atom stereocenters. The molecule has 0 saturated carbocycles. The third-order valence-electron chi connectivity index (χ3n) is 8.72. The van der Waals surface area contributed by atoms with Crippen molar-refractivity contribution in [1.29, 1.82) is 0 Å². The highest BCUT2D eigenvalue weighted by atomic mass is 16.7. The maximum absolute atomic E-state index is 13.8. The van der Waals surface area contributed by atoms with Gasteiger partial charge >= 0.3 is 0 Å². The standard InChI is InChI=1S/C30H35NO10/c1-13-25(33)17(31(3,4)5)10-20(40-13)41-19-12-30(38,14(2)32)11-16-22(19)29(37)24-23(27(16)35)26(34)15-8-7-9-18(39-6)21(15)28(24)36/h7-9,13,17,19-20,25,33,38H,10-12H2,1-6H3,(H-,34,35,36,37)/p+1/t13-,17+,19+,20-,25-,30-/m0/s1. The maximum atomic E-state index is 13.8. The van der Waals surface area contributed by atoms with E-state index >= 15 is 0 Å². The number of hydrogen-bond acceptors (Lipinski definition) is 10. The van der Waals surface area contributed by atoms with Crippen LogP contribution in [0, 0.1) is 0 Å². The van der Waals surface area contributed by atoms with Gasteiger partial charge in [-0.1, -0.05) is 12.1 Å². The zero-order valence-corrected chi connectivity index (χ0v) is 23.9. The number of hydrogen-bond donors (Lipinski definition) is 4. The van der Waals surface area contributed by atoms with E-state index in [0.717, 1.165) is 0 Å². The minimum Gasteiger partial charge on any atom is -0.507 e. The van der Waals surface area contributed by atoms with Crippen LogP contribution in [0.25, 0.3) is 0 Å². The van der Waals surface area contributed by atoms with Crippen molar-refractivity contribution in [1.82, 2.24) is 0 Å². The van der Waals surface area contributed by atoms with Crippen molar-refractivity contribution in [3.05, 3.63) is 51.6 Å². The Balaban J connectivity index is 1.66. The SMILES string of the molecule is COc1cccc2c1C(=O)c1c(O)c3c(c(O)c1C2=O)C[C@@](O)(C(C)=O)C[C@H]3O[C@H]1C[C@@H]([N+](C)(C)C)[C@@H](O)[C@H](C)O1. The monoisotopic (exact) mass is 570 g/mol. The molecule has 1 heterocycles. The van der Waals surface area contributed by atoms with E-state index in [2.05, 4.69) is 0 Å². The summed E-state index contributed by atoms with van der Waals surface area (Å²) in [4.78, 5) is 40.0. The molecule has 0 aromatic heterocycles. The summed E-state index contributed by atoms with van der Waals surface area (Å²) in [6.45, 7) is 2.91. The Morgan fingerprint density at radius 3 is 2.34 bits per heavy atom. The third kappa shape index (κ3) is 4.52. The van der Waals surface area contributed by atoms with E-state index in [1.54, 1.807) is 6.92 Å². The molecular weight excluding hydrogens is 534 g/mol. The number of quaternary nitrogens is 1. The van der Waals surface area contributed by atoms with Crippen molar-refractivity contribution >= 4 is 17.3 Å². The summed E-state index contributed by atoms with van der Waals surface area (Å²) in [6, 6.07) is 4.19. The van der Waals surface area contributed by atoms with E-state index in [1.165, 1.54) is 32.2 Å². The van der Waals surface area contributed by atoms with E-state index < -0.39 is 76.6 Å². The Bertz CT molecular complexity index is 1460. The molecule has 0 spiro atoms. The van der Waals surface area contributed by atoms with Crippen LogP contribution in [-0.4, -0.2) is 101 Å². The van der Waals surface area contributed by atoms with E-state index in [1.807, 2.05) is 21.1 Å². The number of phenolic OH excluding ortho intramolecular Hbond substituents is 2. The van der Waals surface area contributed by atoms with Crippen LogP contribution < -0.4 is 4.74 Å². The molecule has 11 heteroatoms. The fourth-order valence-electron chi connectivity index (χ4n) is 6.37. The molecule has 0 radical (unpaired) electrons. The normalized spacial score (nSPS) is 29.4. The molecule has 5 rings (SSSR count). The van der Waals surface area contributed by atoms with Gasteiger partial charge in [-0.15, -0.1) is 0 Å². The van der Waals surface area contributed by atoms with Gasteiger partial charge in [-0.3, -0.25) is 14.4 Å². The Kier molecular flexibility index (Phi) is 7.03. The molecule has 3 aliphatic rings. The molecule has 1 saturated heterocycles. The Morgan fingerprint density at radius 2 is 1.73 bits per heavy atom. The first-order valence-electron chi connectivity index (χ1n) is 13.5. The number of aliphatic hydroxyl groups excluding tert-OH is 1. The van der Waals surface area contributed by atoms with Crippen LogP contribution in [0.2, 0.25) is 0 Å². The summed E-state index contributed by atoms with van der Waals surface area (Å²) >= 11 is 0. The van der Waals surface area contributed by atoms with E-state index in [-0.39, 0.29) is 46.9 Å². The molecule has 2 aromatic carbocycles. The number of ether oxygens (including phenoxy) is 3. The van der Waals surface area contributed by atoms with Gasteiger partial charge in [0.25, 0.3) is 0 Å². The van der Waals surface area contributed by atoms with Gasteiger partial charge in [0.2, 0.25) is 5.78 Å². The number of carbonyl (C=O) groups is 3. The first-order chi connectivity index (χ1) is 19.1. The van der Waals surface area contributed by atoms with Crippen LogP contribution >= 0.6 is 0 Å². The van der Waals surface area contributed by atoms with Crippen molar-refractivity contribution < 1.29 is 53.5 Å². The van der Waals surface area contributed by atoms with Gasteiger partial charge < -0.3 is 39.1 Å². The highest BCUT2D eigenvalue weighted by Crippen LogP contribution is 2.52. The lowest BCUT2D eigenvalue weighted by molar-refractivity contribution is -0.903. The summed E-state index contributed by atoms with van der Waals surface area (Å²) < 4.78 is 18.0. The third-order valence-corrected chi connectivity index (χ3v) is 8.72. The number of rotatable bonds is 5. The molecular formula is C30H36NO10+. The highest BCUT2D eigenvalue weighted by molar-refractivity contribution is 6.31. The van der Waals surface area contributed by atoms with Crippen LogP contribution in [-0.2, 0) is 20.7 Å². The van der Waals surface area contributed by atoms with E-state index in [9.17, 15) is 34.8 Å². The fourth-order valence-corrected chi connectivity index (χ4v) is 6.37. The Labute approximate surface area is 237 Å². The Hall–Kier alpha value is -3.35. The number of methoxy groups -OCH3 is 1. The molecule has 0 bridgehead atoms. The molecule has 41 heavy (non-hydrogen) atoms. The number of Topliss-reactive ketones (excluding diaryl/α,β-unsaturated/α-hetero) is 1. The highest BCUT2D eigenvalue weighted by Gasteiger charge is 2.50. The van der Waals surface area contributed by atoms with E-state index in [4.69, 9.17) is 14.2 Å². The number of likely N-dealkylation sites (N-methyl/N-ethyl adjacent to an activating group) is 1. The minimum absolute atomic E-state index is 0.00330. The zero-order valence-electron chi connectivity index (χ0n) is 23.9. The molecule has 4 N–H and O–H groups in total. The molecule has 2 aromatic rings. The number of fused-ring (bicyclic) bond motifs is 3. The quantitative estimate of drug-likeness (QED) is 0.263. The first kappa shape index (κ1) is 29.2. The average Bonchev–Trinajstić information content (AvgIpc) is 2.89. The van der Waals surface area contributed by atoms with Crippen LogP contribution in [0.5, 0.6) is 17.2 Å². The second-order valence-electron chi connectivity index (χ2n) is 12.2. The van der Waals surface area contributed by atoms with Gasteiger partial charge in [-0.05, 0) is 19.9 Å². The smallest absolute Gasteiger partial charge is 0.202 e. The van der Waals surface area contributed by atoms with Crippen LogP contribution in [0.1, 0.15) is 75.8 Å². The van der Waals surface area contributed by atoms with Crippen LogP contribution in [0.15, 0.2) is 18.2 Å². The van der Waals surface area contributed by atoms with Gasteiger partial charge in [0.15, 0.2) is 17.9 Å². The first-order valence-corrected chi connectivity index (χ1v) is 13.5. The Morgan fingerprint density at radius 1 is 1.07 bits per heavy atom. The molecule has 2 aliphatic carbocycles. The molecule has 0 amide bonds. The van der Waals surface area contributed by atoms with Crippen LogP contribution in [0.4, 0.5) is 0 Å². The maximum Gasteiger partial charge on any atom is 0.202 e. The van der Waals surface area contributed by atoms with Gasteiger partial charge in [0.05, 0.1) is 63.6 Å². The molecule has 1 aliphatic heterocycles. The summed E-state index contributed by atoms with van der Waals surface area (Å²) in [5.74, 6) is -3.07. The van der Waals surface area contributed by atoms with Crippen molar-refractivity contribution in [3.8, 4) is 17.2 Å². The molecule has 11 nitrogen and oxygen atoms in total. The summed E-state index contributed by atoms with van der Waals surface area (Å²) in [5.41, 5.74) is -2.91. The van der Waals surface area contributed by atoms with Crippen molar-refractivity contribution in [2.24, 2.45) is 0 Å². The minimum atomic E-state index is -1.99. The predicted molar refractivity (Wildman–Crippen MR) is 144 cm³/mol. The van der Waals surface area contributed by atoms with Crippen molar-refractivity contribution in [2.75, 3.05) is 28.3 Å². The number of nitrogens with zero attached hydrogens (tertiary/aromatic N) is 1. The van der Waals surface area contributed by atoms with Gasteiger partial charge in [-0.2, -0.15) is 0 Å². The topological polar surface area (TPSA) is 160 Å². The largest absolute Gasteiger partial charge is 0.507 e. The second kappa shape index (κ2) is 9.88.